The fourth-order valence-electron chi connectivity index (χ4n) is 2.14. The van der Waals surface area contributed by atoms with Crippen LogP contribution in [0.5, 0.6) is 0 Å². The van der Waals surface area contributed by atoms with E-state index in [0.29, 0.717) is 6.54 Å². The summed E-state index contributed by atoms with van der Waals surface area (Å²) in [6.45, 7) is 2.80. The maximum atomic E-state index is 12.9. The molecule has 0 fully saturated rings. The fourth-order valence-corrected chi connectivity index (χ4v) is 2.14. The van der Waals surface area contributed by atoms with Gasteiger partial charge in [-0.05, 0) is 25.1 Å². The van der Waals surface area contributed by atoms with E-state index in [1.165, 1.54) is 30.1 Å². The summed E-state index contributed by atoms with van der Waals surface area (Å²) in [5.74, 6) is 0. The largest absolute Gasteiger partial charge is 0.418 e. The average molecular weight is 326 g/mol. The molecule has 0 unspecified atom stereocenters. The lowest BCUT2D eigenvalue weighted by atomic mass is 10.1. The maximum absolute atomic E-state index is 12.9. The second kappa shape index (κ2) is 6.72. The third kappa shape index (κ3) is 4.02. The van der Waals surface area contributed by atoms with Gasteiger partial charge in [-0.3, -0.25) is 4.68 Å². The topological polar surface area (TPSA) is 50.2 Å². The first-order valence-electron chi connectivity index (χ1n) is 7.02. The summed E-state index contributed by atoms with van der Waals surface area (Å²) < 4.78 is 40.5. The zero-order valence-corrected chi connectivity index (χ0v) is 12.8. The van der Waals surface area contributed by atoms with Crippen molar-refractivity contribution >= 4 is 11.7 Å². The monoisotopic (exact) mass is 326 g/mol. The van der Waals surface area contributed by atoms with Crippen molar-refractivity contribution in [1.82, 2.24) is 14.7 Å². The number of benzene rings is 1. The molecule has 1 N–H and O–H groups in total. The number of hydrogen-bond donors (Lipinski definition) is 1. The Bertz CT molecular complexity index is 681. The van der Waals surface area contributed by atoms with Gasteiger partial charge in [0.1, 0.15) is 0 Å². The zero-order chi connectivity index (χ0) is 17.0. The first kappa shape index (κ1) is 16.9. The van der Waals surface area contributed by atoms with Crippen LogP contribution in [0.15, 0.2) is 36.5 Å². The fraction of sp³-hybridized carbons (Fsp3) is 0.333. The standard InChI is InChI=1S/C15H17F3N4O/c1-3-22-11(8-9-19-22)10-21(2)14(23)20-13-7-5-4-6-12(13)15(16,17)18/h4-9H,3,10H2,1-2H3,(H,20,23). The van der Waals surface area contributed by atoms with Gasteiger partial charge in [-0.2, -0.15) is 18.3 Å². The molecule has 0 spiro atoms. The van der Waals surface area contributed by atoms with Gasteiger partial charge in [0.15, 0.2) is 0 Å². The van der Waals surface area contributed by atoms with Crippen LogP contribution in [0.2, 0.25) is 0 Å². The van der Waals surface area contributed by atoms with Crippen LogP contribution in [-0.2, 0) is 19.3 Å². The third-order valence-electron chi connectivity index (χ3n) is 3.32. The summed E-state index contributed by atoms with van der Waals surface area (Å²) in [4.78, 5) is 13.4. The zero-order valence-electron chi connectivity index (χ0n) is 12.8. The number of halogens is 3. The van der Waals surface area contributed by atoms with E-state index < -0.39 is 17.8 Å². The van der Waals surface area contributed by atoms with E-state index in [4.69, 9.17) is 0 Å². The van der Waals surface area contributed by atoms with Crippen molar-refractivity contribution in [2.45, 2.75) is 26.2 Å². The van der Waals surface area contributed by atoms with Crippen LogP contribution in [0.3, 0.4) is 0 Å². The van der Waals surface area contributed by atoms with Gasteiger partial charge in [0.2, 0.25) is 0 Å². The summed E-state index contributed by atoms with van der Waals surface area (Å²) in [5, 5.41) is 6.39. The minimum atomic E-state index is -4.52. The molecule has 8 heteroatoms. The van der Waals surface area contributed by atoms with Gasteiger partial charge in [-0.15, -0.1) is 0 Å². The van der Waals surface area contributed by atoms with Crippen molar-refractivity contribution in [1.29, 1.82) is 0 Å². The Morgan fingerprint density at radius 3 is 2.65 bits per heavy atom. The quantitative estimate of drug-likeness (QED) is 0.933. The number of rotatable bonds is 4. The van der Waals surface area contributed by atoms with E-state index >= 15 is 0 Å². The number of aryl methyl sites for hydroxylation is 1. The molecule has 0 saturated heterocycles. The number of anilines is 1. The minimum absolute atomic E-state index is 0.244. The van der Waals surface area contributed by atoms with Crippen molar-refractivity contribution in [3.63, 3.8) is 0 Å². The van der Waals surface area contributed by atoms with Crippen LogP contribution in [-0.4, -0.2) is 27.8 Å². The molecular formula is C15H17F3N4O. The van der Waals surface area contributed by atoms with Gasteiger partial charge in [-0.25, -0.2) is 4.79 Å². The summed E-state index contributed by atoms with van der Waals surface area (Å²) in [7, 11) is 1.51. The molecule has 1 heterocycles. The molecule has 2 rings (SSSR count). The second-order valence-corrected chi connectivity index (χ2v) is 4.97. The summed E-state index contributed by atoms with van der Waals surface area (Å²) in [5.41, 5.74) is -0.338. The Kier molecular flexibility index (Phi) is 4.92. The highest BCUT2D eigenvalue weighted by molar-refractivity contribution is 5.90. The molecule has 0 aliphatic rings. The number of urea groups is 1. The minimum Gasteiger partial charge on any atom is -0.322 e. The lowest BCUT2D eigenvalue weighted by molar-refractivity contribution is -0.136. The van der Waals surface area contributed by atoms with Gasteiger partial charge >= 0.3 is 12.2 Å². The van der Waals surface area contributed by atoms with Crippen LogP contribution < -0.4 is 5.32 Å². The molecule has 0 aliphatic heterocycles. The number of aromatic nitrogens is 2. The molecule has 0 saturated carbocycles. The molecular weight excluding hydrogens is 309 g/mol. The number of alkyl halides is 3. The maximum Gasteiger partial charge on any atom is 0.418 e. The van der Waals surface area contributed by atoms with Crippen molar-refractivity contribution < 1.29 is 18.0 Å². The molecule has 23 heavy (non-hydrogen) atoms. The highest BCUT2D eigenvalue weighted by Gasteiger charge is 2.33. The molecule has 0 atom stereocenters. The third-order valence-corrected chi connectivity index (χ3v) is 3.32. The second-order valence-electron chi connectivity index (χ2n) is 4.97. The van der Waals surface area contributed by atoms with Gasteiger partial charge in [0.25, 0.3) is 0 Å². The first-order valence-corrected chi connectivity index (χ1v) is 7.02. The lowest BCUT2D eigenvalue weighted by Crippen LogP contribution is -2.32. The molecule has 1 aromatic heterocycles. The SMILES string of the molecule is CCn1nccc1CN(C)C(=O)Nc1ccccc1C(F)(F)F. The van der Waals surface area contributed by atoms with Gasteiger partial charge in [0.05, 0.1) is 23.5 Å². The van der Waals surface area contributed by atoms with Crippen LogP contribution in [0, 0.1) is 0 Å². The van der Waals surface area contributed by atoms with Crippen molar-refractivity contribution in [3.8, 4) is 0 Å². The summed E-state index contributed by atoms with van der Waals surface area (Å²) >= 11 is 0. The number of carbonyl (C=O) groups is 1. The molecule has 5 nitrogen and oxygen atoms in total. The molecule has 124 valence electrons. The molecule has 0 aliphatic carbocycles. The number of carbonyl (C=O) groups excluding carboxylic acids is 1. The Morgan fingerprint density at radius 1 is 1.30 bits per heavy atom. The van der Waals surface area contributed by atoms with Crippen LogP contribution in [0.25, 0.3) is 0 Å². The Balaban J connectivity index is 2.10. The van der Waals surface area contributed by atoms with Crippen LogP contribution in [0.4, 0.5) is 23.7 Å². The number of para-hydroxylation sites is 1. The van der Waals surface area contributed by atoms with Gasteiger partial charge in [-0.1, -0.05) is 12.1 Å². The summed E-state index contributed by atoms with van der Waals surface area (Å²) in [6.07, 6.45) is -2.91. The number of hydrogen-bond acceptors (Lipinski definition) is 2. The van der Waals surface area contributed by atoms with E-state index in [9.17, 15) is 18.0 Å². The number of nitrogens with zero attached hydrogens (tertiary/aromatic N) is 3. The molecule has 1 aromatic carbocycles. The molecule has 0 bridgehead atoms. The van der Waals surface area contributed by atoms with Crippen molar-refractivity contribution in [2.24, 2.45) is 0 Å². The predicted octanol–water partition coefficient (Wildman–Crippen LogP) is 3.59. The normalized spacial score (nSPS) is 11.3. The lowest BCUT2D eigenvalue weighted by Gasteiger charge is -2.20. The Morgan fingerprint density at radius 2 is 2.00 bits per heavy atom. The van der Waals surface area contributed by atoms with Crippen molar-refractivity contribution in [3.05, 3.63) is 47.8 Å². The first-order chi connectivity index (χ1) is 10.8. The predicted molar refractivity (Wildman–Crippen MR) is 79.8 cm³/mol. The Labute approximate surface area is 131 Å². The van der Waals surface area contributed by atoms with Crippen LogP contribution >= 0.6 is 0 Å². The highest BCUT2D eigenvalue weighted by Crippen LogP contribution is 2.34. The smallest absolute Gasteiger partial charge is 0.322 e. The van der Waals surface area contributed by atoms with E-state index in [0.717, 1.165) is 11.8 Å². The van der Waals surface area contributed by atoms with E-state index in [2.05, 4.69) is 10.4 Å². The van der Waals surface area contributed by atoms with Gasteiger partial charge in [0, 0.05) is 19.8 Å². The number of amides is 2. The summed E-state index contributed by atoms with van der Waals surface area (Å²) in [6, 6.07) is 6.02. The molecule has 2 amide bonds. The highest BCUT2D eigenvalue weighted by atomic mass is 19.4. The van der Waals surface area contributed by atoms with Crippen molar-refractivity contribution in [2.75, 3.05) is 12.4 Å². The van der Waals surface area contributed by atoms with E-state index in [1.807, 2.05) is 6.92 Å². The van der Waals surface area contributed by atoms with Crippen LogP contribution in [0.1, 0.15) is 18.2 Å². The average Bonchev–Trinajstić information content (AvgIpc) is 2.93. The van der Waals surface area contributed by atoms with E-state index in [1.54, 1.807) is 16.9 Å². The van der Waals surface area contributed by atoms with E-state index in [-0.39, 0.29) is 12.2 Å². The molecule has 2 aromatic rings. The number of nitrogens with one attached hydrogen (secondary N) is 1. The molecule has 0 radical (unpaired) electrons. The Hall–Kier alpha value is -2.51. The van der Waals surface area contributed by atoms with Gasteiger partial charge < -0.3 is 10.2 Å².